The number of hydrogen-bond donors (Lipinski definition) is 2. The standard InChI is InChI=1S/C18H16N2O2.3C2H6/c19-13-7-9-15(10-8-13)21-17-5-2-6-18(12-17)22-16-4-1-3-14(20)11-16;3*1-2/h1-12H,19-20H2;3*1-2H3. The summed E-state index contributed by atoms with van der Waals surface area (Å²) in [6.45, 7) is 12.0. The van der Waals surface area contributed by atoms with E-state index >= 15 is 0 Å². The fraction of sp³-hybridized carbons (Fsp3) is 0.250. The maximum atomic E-state index is 5.78. The summed E-state index contributed by atoms with van der Waals surface area (Å²) in [5, 5.41) is 0. The molecule has 0 bridgehead atoms. The normalized spacial score (nSPS) is 8.64. The van der Waals surface area contributed by atoms with Crippen molar-refractivity contribution >= 4 is 11.4 Å². The Balaban J connectivity index is 0.00000111. The second kappa shape index (κ2) is 15.0. The molecule has 0 amide bonds. The van der Waals surface area contributed by atoms with Gasteiger partial charge in [0.25, 0.3) is 0 Å². The predicted octanol–water partition coefficient (Wildman–Crippen LogP) is 7.51. The van der Waals surface area contributed by atoms with Gasteiger partial charge < -0.3 is 20.9 Å². The Morgan fingerprint density at radius 1 is 0.464 bits per heavy atom. The van der Waals surface area contributed by atoms with Crippen LogP contribution in [0.25, 0.3) is 0 Å². The second-order valence-corrected chi connectivity index (χ2v) is 4.82. The van der Waals surface area contributed by atoms with Gasteiger partial charge in [-0.2, -0.15) is 0 Å². The van der Waals surface area contributed by atoms with Crippen LogP contribution >= 0.6 is 0 Å². The van der Waals surface area contributed by atoms with Crippen molar-refractivity contribution in [2.75, 3.05) is 11.5 Å². The van der Waals surface area contributed by atoms with E-state index in [0.717, 1.165) is 5.75 Å². The third kappa shape index (κ3) is 8.99. The Bertz CT molecular complexity index is 772. The predicted molar refractivity (Wildman–Crippen MR) is 122 cm³/mol. The van der Waals surface area contributed by atoms with Gasteiger partial charge in [-0.05, 0) is 48.5 Å². The minimum Gasteiger partial charge on any atom is -0.457 e. The highest BCUT2D eigenvalue weighted by Crippen LogP contribution is 2.29. The molecule has 3 aromatic carbocycles. The van der Waals surface area contributed by atoms with Crippen molar-refractivity contribution in [3.63, 3.8) is 0 Å². The summed E-state index contributed by atoms with van der Waals surface area (Å²) >= 11 is 0. The minimum atomic E-state index is 0.659. The van der Waals surface area contributed by atoms with Crippen LogP contribution in [0.1, 0.15) is 41.5 Å². The molecule has 0 aliphatic carbocycles. The van der Waals surface area contributed by atoms with Crippen LogP contribution in [0.3, 0.4) is 0 Å². The molecule has 0 heterocycles. The number of hydrogen-bond acceptors (Lipinski definition) is 4. The molecular weight excluding hydrogens is 348 g/mol. The van der Waals surface area contributed by atoms with Crippen LogP contribution in [0, 0.1) is 0 Å². The monoisotopic (exact) mass is 382 g/mol. The highest BCUT2D eigenvalue weighted by atomic mass is 16.5. The van der Waals surface area contributed by atoms with E-state index in [9.17, 15) is 0 Å². The average molecular weight is 383 g/mol. The van der Waals surface area contributed by atoms with E-state index < -0.39 is 0 Å². The molecule has 3 aromatic rings. The van der Waals surface area contributed by atoms with Gasteiger partial charge >= 0.3 is 0 Å². The smallest absolute Gasteiger partial charge is 0.131 e. The van der Waals surface area contributed by atoms with Gasteiger partial charge in [-0.1, -0.05) is 53.7 Å². The minimum absolute atomic E-state index is 0.659. The first-order valence-electron chi connectivity index (χ1n) is 9.86. The lowest BCUT2D eigenvalue weighted by atomic mass is 10.3. The van der Waals surface area contributed by atoms with Crippen molar-refractivity contribution < 1.29 is 9.47 Å². The van der Waals surface area contributed by atoms with Crippen molar-refractivity contribution in [2.24, 2.45) is 0 Å². The van der Waals surface area contributed by atoms with Crippen LogP contribution < -0.4 is 20.9 Å². The van der Waals surface area contributed by atoms with Crippen LogP contribution in [0.15, 0.2) is 72.8 Å². The Labute approximate surface area is 170 Å². The Morgan fingerprint density at radius 3 is 1.39 bits per heavy atom. The molecule has 4 heteroatoms. The van der Waals surface area contributed by atoms with E-state index in [-0.39, 0.29) is 0 Å². The van der Waals surface area contributed by atoms with E-state index in [1.165, 1.54) is 0 Å². The zero-order valence-corrected chi connectivity index (χ0v) is 17.9. The zero-order valence-electron chi connectivity index (χ0n) is 17.9. The van der Waals surface area contributed by atoms with Gasteiger partial charge in [0, 0.05) is 23.5 Å². The van der Waals surface area contributed by atoms with Crippen LogP contribution in [-0.2, 0) is 0 Å². The third-order valence-corrected chi connectivity index (χ3v) is 3.02. The lowest BCUT2D eigenvalue weighted by molar-refractivity contribution is 0.460. The van der Waals surface area contributed by atoms with Crippen LogP contribution in [-0.4, -0.2) is 0 Å². The first kappa shape index (κ1) is 24.9. The lowest BCUT2D eigenvalue weighted by Crippen LogP contribution is -1.89. The summed E-state index contributed by atoms with van der Waals surface area (Å²) in [5.41, 5.74) is 12.8. The average Bonchev–Trinajstić information content (AvgIpc) is 2.75. The van der Waals surface area contributed by atoms with Gasteiger partial charge in [-0.25, -0.2) is 0 Å². The molecular formula is C24H34N2O2. The summed E-state index contributed by atoms with van der Waals surface area (Å²) in [4.78, 5) is 0. The third-order valence-electron chi connectivity index (χ3n) is 3.02. The van der Waals surface area contributed by atoms with E-state index in [4.69, 9.17) is 20.9 Å². The molecule has 0 saturated carbocycles. The highest BCUT2D eigenvalue weighted by molar-refractivity contribution is 5.47. The summed E-state index contributed by atoms with van der Waals surface area (Å²) < 4.78 is 11.6. The fourth-order valence-corrected chi connectivity index (χ4v) is 1.99. The molecule has 152 valence electrons. The van der Waals surface area contributed by atoms with Crippen molar-refractivity contribution in [3.8, 4) is 23.0 Å². The van der Waals surface area contributed by atoms with E-state index in [1.807, 2.05) is 96.1 Å². The van der Waals surface area contributed by atoms with Crippen molar-refractivity contribution in [3.05, 3.63) is 72.8 Å². The maximum Gasteiger partial charge on any atom is 0.131 e. The molecule has 0 unspecified atom stereocenters. The molecule has 0 atom stereocenters. The number of rotatable bonds is 4. The van der Waals surface area contributed by atoms with E-state index in [0.29, 0.717) is 28.6 Å². The SMILES string of the molecule is CC.CC.CC.Nc1ccc(Oc2cccc(Oc3cccc(N)c3)c2)cc1. The van der Waals surface area contributed by atoms with Crippen molar-refractivity contribution in [1.82, 2.24) is 0 Å². The van der Waals surface area contributed by atoms with Crippen molar-refractivity contribution in [2.45, 2.75) is 41.5 Å². The fourth-order valence-electron chi connectivity index (χ4n) is 1.99. The number of benzene rings is 3. The molecule has 0 aliphatic heterocycles. The summed E-state index contributed by atoms with van der Waals surface area (Å²) in [6, 6.07) is 21.9. The molecule has 0 radical (unpaired) electrons. The zero-order chi connectivity index (χ0) is 21.4. The molecule has 4 N–H and O–H groups in total. The molecule has 28 heavy (non-hydrogen) atoms. The van der Waals surface area contributed by atoms with Gasteiger partial charge in [0.05, 0.1) is 0 Å². The molecule has 0 fully saturated rings. The van der Waals surface area contributed by atoms with Crippen molar-refractivity contribution in [1.29, 1.82) is 0 Å². The Hall–Kier alpha value is -3.14. The topological polar surface area (TPSA) is 70.5 Å². The van der Waals surface area contributed by atoms with Crippen LogP contribution in [0.4, 0.5) is 11.4 Å². The number of nitrogen functional groups attached to an aromatic ring is 2. The summed E-state index contributed by atoms with van der Waals surface area (Å²) in [6.07, 6.45) is 0. The molecule has 3 rings (SSSR count). The quantitative estimate of drug-likeness (QED) is 0.458. The van der Waals surface area contributed by atoms with Gasteiger partial charge in [0.15, 0.2) is 0 Å². The van der Waals surface area contributed by atoms with Crippen LogP contribution in [0.2, 0.25) is 0 Å². The summed E-state index contributed by atoms with van der Waals surface area (Å²) in [7, 11) is 0. The first-order valence-corrected chi connectivity index (χ1v) is 9.86. The highest BCUT2D eigenvalue weighted by Gasteiger charge is 2.02. The molecule has 0 aliphatic rings. The molecule has 0 spiro atoms. The Morgan fingerprint density at radius 2 is 0.893 bits per heavy atom. The van der Waals surface area contributed by atoms with Gasteiger partial charge in [0.1, 0.15) is 23.0 Å². The Kier molecular flexibility index (Phi) is 13.3. The molecule has 4 nitrogen and oxygen atoms in total. The lowest BCUT2D eigenvalue weighted by Gasteiger charge is -2.09. The van der Waals surface area contributed by atoms with E-state index in [2.05, 4.69) is 0 Å². The number of ether oxygens (including phenoxy) is 2. The van der Waals surface area contributed by atoms with E-state index in [1.54, 1.807) is 18.2 Å². The largest absolute Gasteiger partial charge is 0.457 e. The van der Waals surface area contributed by atoms with Gasteiger partial charge in [-0.3, -0.25) is 0 Å². The molecule has 0 aromatic heterocycles. The maximum absolute atomic E-state index is 5.78. The van der Waals surface area contributed by atoms with Gasteiger partial charge in [-0.15, -0.1) is 0 Å². The van der Waals surface area contributed by atoms with Gasteiger partial charge in [0.2, 0.25) is 0 Å². The number of anilines is 2. The first-order chi connectivity index (χ1) is 13.7. The summed E-state index contributed by atoms with van der Waals surface area (Å²) in [5.74, 6) is 2.77. The second-order valence-electron chi connectivity index (χ2n) is 4.82. The number of nitrogens with two attached hydrogens (primary N) is 2. The van der Waals surface area contributed by atoms with Crippen LogP contribution in [0.5, 0.6) is 23.0 Å². The molecule has 0 saturated heterocycles.